The molecule has 5 heteroatoms. The molecule has 1 atom stereocenters. The van der Waals surface area contributed by atoms with Crippen LogP contribution in [0.2, 0.25) is 5.02 Å². The van der Waals surface area contributed by atoms with Gasteiger partial charge in [0.05, 0.1) is 6.04 Å². The van der Waals surface area contributed by atoms with Crippen LogP contribution in [-0.4, -0.2) is 11.7 Å². The van der Waals surface area contributed by atoms with Crippen molar-refractivity contribution in [3.63, 3.8) is 0 Å². The Morgan fingerprint density at radius 1 is 1.13 bits per heavy atom. The molecule has 0 spiro atoms. The highest BCUT2D eigenvalue weighted by molar-refractivity contribution is 14.1. The number of hydrogen-bond donors (Lipinski definition) is 1. The Bertz CT molecular complexity index is 700. The van der Waals surface area contributed by atoms with Crippen molar-refractivity contribution in [2.75, 3.05) is 0 Å². The van der Waals surface area contributed by atoms with Gasteiger partial charge in [-0.15, -0.1) is 0 Å². The summed E-state index contributed by atoms with van der Waals surface area (Å²) in [6, 6.07) is 14.6. The first-order valence-electron chi connectivity index (χ1n) is 7.29. The lowest BCUT2D eigenvalue weighted by atomic mass is 10.1. The summed E-state index contributed by atoms with van der Waals surface area (Å²) in [5.74, 6) is -0.164. The third-order valence-corrected chi connectivity index (χ3v) is 4.43. The summed E-state index contributed by atoms with van der Waals surface area (Å²) in [4.78, 5) is 24.1. The molecule has 2 rings (SSSR count). The summed E-state index contributed by atoms with van der Waals surface area (Å²) in [5, 5.41) is 3.52. The zero-order valence-electron chi connectivity index (χ0n) is 12.7. The summed E-state index contributed by atoms with van der Waals surface area (Å²) in [6.45, 7) is 1.89. The standard InChI is InChI=1S/C18H17ClINO2/c1-12(14-3-2-4-15(19)11-14)21-18(23)10-9-17(22)13-5-7-16(20)8-6-13/h2-8,11-12H,9-10H2,1H3,(H,21,23). The molecule has 0 heterocycles. The van der Waals surface area contributed by atoms with Gasteiger partial charge in [-0.1, -0.05) is 35.9 Å². The van der Waals surface area contributed by atoms with Crippen LogP contribution in [0.25, 0.3) is 0 Å². The lowest BCUT2D eigenvalue weighted by Crippen LogP contribution is -2.26. The second-order valence-electron chi connectivity index (χ2n) is 5.27. The van der Waals surface area contributed by atoms with Crippen LogP contribution in [0.4, 0.5) is 0 Å². The van der Waals surface area contributed by atoms with Crippen LogP contribution >= 0.6 is 34.2 Å². The molecular formula is C18H17ClINO2. The first-order chi connectivity index (χ1) is 11.0. The van der Waals surface area contributed by atoms with Crippen molar-refractivity contribution in [3.05, 3.63) is 68.3 Å². The Morgan fingerprint density at radius 3 is 2.48 bits per heavy atom. The average Bonchev–Trinajstić information content (AvgIpc) is 2.53. The Balaban J connectivity index is 1.85. The van der Waals surface area contributed by atoms with Crippen molar-refractivity contribution >= 4 is 45.9 Å². The maximum absolute atomic E-state index is 12.1. The van der Waals surface area contributed by atoms with E-state index in [0.29, 0.717) is 10.6 Å². The van der Waals surface area contributed by atoms with Gasteiger partial charge in [0.15, 0.2) is 5.78 Å². The maximum Gasteiger partial charge on any atom is 0.220 e. The topological polar surface area (TPSA) is 46.2 Å². The van der Waals surface area contributed by atoms with E-state index in [0.717, 1.165) is 9.13 Å². The minimum absolute atomic E-state index is 0.0213. The van der Waals surface area contributed by atoms with E-state index in [1.165, 1.54) is 0 Å². The molecule has 0 saturated carbocycles. The normalized spacial score (nSPS) is 11.8. The molecule has 23 heavy (non-hydrogen) atoms. The van der Waals surface area contributed by atoms with Gasteiger partial charge >= 0.3 is 0 Å². The van der Waals surface area contributed by atoms with Crippen molar-refractivity contribution in [3.8, 4) is 0 Å². The molecule has 0 fully saturated rings. The monoisotopic (exact) mass is 441 g/mol. The lowest BCUT2D eigenvalue weighted by Gasteiger charge is -2.14. The molecule has 0 saturated heterocycles. The molecule has 0 aliphatic rings. The Kier molecular flexibility index (Phi) is 6.59. The van der Waals surface area contributed by atoms with E-state index in [1.807, 2.05) is 37.3 Å². The predicted octanol–water partition coefficient (Wildman–Crippen LogP) is 4.78. The number of ketones is 1. The molecule has 0 radical (unpaired) electrons. The highest BCUT2D eigenvalue weighted by atomic mass is 127. The van der Waals surface area contributed by atoms with E-state index in [-0.39, 0.29) is 30.6 Å². The van der Waals surface area contributed by atoms with Crippen LogP contribution in [0.3, 0.4) is 0 Å². The first kappa shape index (κ1) is 17.9. The smallest absolute Gasteiger partial charge is 0.220 e. The third kappa shape index (κ3) is 5.62. The summed E-state index contributed by atoms with van der Waals surface area (Å²) in [6.07, 6.45) is 0.379. The number of carbonyl (C=O) groups excluding carboxylic acids is 2. The molecule has 0 bridgehead atoms. The molecule has 2 aromatic carbocycles. The molecule has 0 aromatic heterocycles. The van der Waals surface area contributed by atoms with Gasteiger partial charge in [0.2, 0.25) is 5.91 Å². The minimum atomic E-state index is -0.144. The lowest BCUT2D eigenvalue weighted by molar-refractivity contribution is -0.121. The van der Waals surface area contributed by atoms with Crippen LogP contribution in [0.5, 0.6) is 0 Å². The number of Topliss-reactive ketones (excluding diaryl/α,β-unsaturated/α-hetero) is 1. The number of nitrogens with one attached hydrogen (secondary N) is 1. The van der Waals surface area contributed by atoms with Crippen molar-refractivity contribution in [2.45, 2.75) is 25.8 Å². The summed E-state index contributed by atoms with van der Waals surface area (Å²) in [7, 11) is 0. The van der Waals surface area contributed by atoms with E-state index in [4.69, 9.17) is 11.6 Å². The van der Waals surface area contributed by atoms with Crippen LogP contribution < -0.4 is 5.32 Å². The van der Waals surface area contributed by atoms with Gasteiger partial charge < -0.3 is 5.32 Å². The van der Waals surface area contributed by atoms with Gasteiger partial charge in [0.1, 0.15) is 0 Å². The fraction of sp³-hybridized carbons (Fsp3) is 0.222. The minimum Gasteiger partial charge on any atom is -0.350 e. The number of hydrogen-bond acceptors (Lipinski definition) is 2. The third-order valence-electron chi connectivity index (χ3n) is 3.47. The van der Waals surface area contributed by atoms with E-state index in [2.05, 4.69) is 27.9 Å². The SMILES string of the molecule is CC(NC(=O)CCC(=O)c1ccc(I)cc1)c1cccc(Cl)c1. The molecule has 120 valence electrons. The van der Waals surface area contributed by atoms with Gasteiger partial charge in [-0.25, -0.2) is 0 Å². The van der Waals surface area contributed by atoms with E-state index >= 15 is 0 Å². The van der Waals surface area contributed by atoms with Crippen LogP contribution in [-0.2, 0) is 4.79 Å². The summed E-state index contributed by atoms with van der Waals surface area (Å²) in [5.41, 5.74) is 1.58. The molecule has 1 N–H and O–H groups in total. The Morgan fingerprint density at radius 2 is 1.83 bits per heavy atom. The van der Waals surface area contributed by atoms with Crippen LogP contribution in [0.15, 0.2) is 48.5 Å². The zero-order chi connectivity index (χ0) is 16.8. The summed E-state index contributed by atoms with van der Waals surface area (Å²) < 4.78 is 1.08. The second-order valence-corrected chi connectivity index (χ2v) is 6.96. The molecule has 1 unspecified atom stereocenters. The van der Waals surface area contributed by atoms with Crippen LogP contribution in [0, 0.1) is 3.57 Å². The van der Waals surface area contributed by atoms with Gasteiger partial charge in [0, 0.05) is 27.0 Å². The van der Waals surface area contributed by atoms with E-state index in [1.54, 1.807) is 18.2 Å². The first-order valence-corrected chi connectivity index (χ1v) is 8.75. The number of rotatable bonds is 6. The van der Waals surface area contributed by atoms with Gasteiger partial charge in [-0.05, 0) is 59.3 Å². The molecule has 0 aliphatic heterocycles. The van der Waals surface area contributed by atoms with E-state index in [9.17, 15) is 9.59 Å². The van der Waals surface area contributed by atoms with Gasteiger partial charge in [-0.3, -0.25) is 9.59 Å². The molecule has 3 nitrogen and oxygen atoms in total. The van der Waals surface area contributed by atoms with Crippen molar-refractivity contribution in [2.24, 2.45) is 0 Å². The van der Waals surface area contributed by atoms with E-state index < -0.39 is 0 Å². The number of amides is 1. The number of halogens is 2. The summed E-state index contributed by atoms with van der Waals surface area (Å²) >= 11 is 8.14. The largest absolute Gasteiger partial charge is 0.350 e. The molecular weight excluding hydrogens is 425 g/mol. The Hall–Kier alpha value is -1.40. The number of carbonyl (C=O) groups is 2. The average molecular weight is 442 g/mol. The van der Waals surface area contributed by atoms with Crippen molar-refractivity contribution < 1.29 is 9.59 Å². The predicted molar refractivity (Wildman–Crippen MR) is 101 cm³/mol. The van der Waals surface area contributed by atoms with Gasteiger partial charge in [0.25, 0.3) is 0 Å². The highest BCUT2D eigenvalue weighted by Gasteiger charge is 2.12. The van der Waals surface area contributed by atoms with Gasteiger partial charge in [-0.2, -0.15) is 0 Å². The van der Waals surface area contributed by atoms with Crippen molar-refractivity contribution in [1.29, 1.82) is 0 Å². The fourth-order valence-electron chi connectivity index (χ4n) is 2.18. The second kappa shape index (κ2) is 8.45. The quantitative estimate of drug-likeness (QED) is 0.518. The van der Waals surface area contributed by atoms with Crippen molar-refractivity contribution in [1.82, 2.24) is 5.32 Å². The molecule has 1 amide bonds. The highest BCUT2D eigenvalue weighted by Crippen LogP contribution is 2.17. The Labute approximate surface area is 154 Å². The zero-order valence-corrected chi connectivity index (χ0v) is 15.6. The molecule has 0 aliphatic carbocycles. The maximum atomic E-state index is 12.1. The van der Waals surface area contributed by atoms with Crippen LogP contribution in [0.1, 0.15) is 41.7 Å². The number of benzene rings is 2. The molecule has 2 aromatic rings. The fourth-order valence-corrected chi connectivity index (χ4v) is 2.74.